The minimum Gasteiger partial charge on any atom is -0.381 e. The Labute approximate surface area is 153 Å². The molecule has 3 N–H and O–H groups in total. The minimum absolute atomic E-state index is 0.0201. The molecule has 3 saturated heterocycles. The van der Waals surface area contributed by atoms with Gasteiger partial charge in [0.25, 0.3) is 0 Å². The van der Waals surface area contributed by atoms with Crippen LogP contribution in [0.25, 0.3) is 0 Å². The molecular formula is C19H27N5O2. The lowest BCUT2D eigenvalue weighted by atomic mass is 9.69. The zero-order valence-electron chi connectivity index (χ0n) is 14.9. The SMILES string of the molecule is O=C1NC(C2CCC2c2ccccn2)NC2C1CNN2C1CCOCC1. The third kappa shape index (κ3) is 2.83. The van der Waals surface area contributed by atoms with Crippen molar-refractivity contribution in [2.24, 2.45) is 11.8 Å². The Kier molecular flexibility index (Phi) is 4.40. The van der Waals surface area contributed by atoms with Crippen LogP contribution in [0.15, 0.2) is 24.4 Å². The zero-order chi connectivity index (χ0) is 17.5. The predicted molar refractivity (Wildman–Crippen MR) is 95.7 cm³/mol. The molecule has 0 aromatic carbocycles. The van der Waals surface area contributed by atoms with Gasteiger partial charge in [-0.2, -0.15) is 0 Å². The van der Waals surface area contributed by atoms with Crippen molar-refractivity contribution in [1.82, 2.24) is 26.1 Å². The molecule has 140 valence electrons. The van der Waals surface area contributed by atoms with Crippen molar-refractivity contribution in [1.29, 1.82) is 0 Å². The Morgan fingerprint density at radius 1 is 1.12 bits per heavy atom. The maximum atomic E-state index is 12.7. The van der Waals surface area contributed by atoms with E-state index in [1.165, 1.54) is 0 Å². The van der Waals surface area contributed by atoms with Gasteiger partial charge in [-0.25, -0.2) is 5.01 Å². The van der Waals surface area contributed by atoms with Crippen molar-refractivity contribution in [3.8, 4) is 0 Å². The summed E-state index contributed by atoms with van der Waals surface area (Å²) in [6.45, 7) is 2.32. The topological polar surface area (TPSA) is 78.5 Å². The lowest BCUT2D eigenvalue weighted by Crippen LogP contribution is -2.68. The van der Waals surface area contributed by atoms with Crippen molar-refractivity contribution in [2.75, 3.05) is 19.8 Å². The van der Waals surface area contributed by atoms with Crippen LogP contribution < -0.4 is 16.1 Å². The van der Waals surface area contributed by atoms with Crippen LogP contribution in [-0.2, 0) is 9.53 Å². The van der Waals surface area contributed by atoms with Crippen LogP contribution in [-0.4, -0.2) is 54.0 Å². The Hall–Kier alpha value is -1.54. The van der Waals surface area contributed by atoms with E-state index in [4.69, 9.17) is 4.74 Å². The third-order valence-corrected chi connectivity index (χ3v) is 6.57. The van der Waals surface area contributed by atoms with Gasteiger partial charge in [-0.05, 0) is 37.8 Å². The highest BCUT2D eigenvalue weighted by molar-refractivity contribution is 5.81. The van der Waals surface area contributed by atoms with Crippen molar-refractivity contribution in [2.45, 2.75) is 50.0 Å². The number of hydrogen-bond acceptors (Lipinski definition) is 6. The molecule has 1 aromatic heterocycles. The van der Waals surface area contributed by atoms with Gasteiger partial charge in [0.2, 0.25) is 5.91 Å². The van der Waals surface area contributed by atoms with Crippen LogP contribution in [0.5, 0.6) is 0 Å². The summed E-state index contributed by atoms with van der Waals surface area (Å²) in [4.78, 5) is 17.3. The number of nitrogens with zero attached hydrogens (tertiary/aromatic N) is 2. The summed E-state index contributed by atoms with van der Waals surface area (Å²) in [6.07, 6.45) is 6.26. The van der Waals surface area contributed by atoms with Gasteiger partial charge in [-0.3, -0.25) is 20.5 Å². The summed E-state index contributed by atoms with van der Waals surface area (Å²) in [6, 6.07) is 6.55. The Morgan fingerprint density at radius 2 is 2.00 bits per heavy atom. The lowest BCUT2D eigenvalue weighted by Gasteiger charge is -2.47. The number of ether oxygens (including phenoxy) is 1. The van der Waals surface area contributed by atoms with Crippen molar-refractivity contribution in [3.63, 3.8) is 0 Å². The van der Waals surface area contributed by atoms with Crippen LogP contribution in [0.1, 0.15) is 37.3 Å². The van der Waals surface area contributed by atoms with E-state index in [2.05, 4.69) is 32.1 Å². The van der Waals surface area contributed by atoms with Crippen LogP contribution in [0.2, 0.25) is 0 Å². The summed E-state index contributed by atoms with van der Waals surface area (Å²) in [7, 11) is 0. The van der Waals surface area contributed by atoms with Gasteiger partial charge in [0.1, 0.15) is 0 Å². The average Bonchev–Trinajstić information content (AvgIpc) is 3.07. The maximum Gasteiger partial charge on any atom is 0.228 e. The van der Waals surface area contributed by atoms with Gasteiger partial charge in [0.05, 0.1) is 18.2 Å². The second-order valence-corrected chi connectivity index (χ2v) is 7.92. The molecule has 5 atom stereocenters. The number of carbonyl (C=O) groups excluding carboxylic acids is 1. The number of rotatable bonds is 3. The Morgan fingerprint density at radius 3 is 2.73 bits per heavy atom. The highest BCUT2D eigenvalue weighted by Crippen LogP contribution is 2.44. The predicted octanol–water partition coefficient (Wildman–Crippen LogP) is 0.562. The molecule has 0 radical (unpaired) electrons. The molecule has 5 rings (SSSR count). The van der Waals surface area contributed by atoms with Crippen LogP contribution in [0.4, 0.5) is 0 Å². The fraction of sp³-hybridized carbons (Fsp3) is 0.684. The fourth-order valence-electron chi connectivity index (χ4n) is 4.96. The Balaban J connectivity index is 1.31. The standard InChI is InChI=1S/C19H27N5O2/c25-19-15-11-21-24(12-6-9-26-10-7-12)18(15)22-17(23-19)14-5-4-13(14)16-3-1-2-8-20-16/h1-3,8,12-15,17-18,21-22H,4-7,9-11H2,(H,23,25). The molecule has 3 aliphatic heterocycles. The first-order valence-corrected chi connectivity index (χ1v) is 9.88. The van der Waals surface area contributed by atoms with E-state index in [1.807, 2.05) is 18.3 Å². The first-order valence-electron chi connectivity index (χ1n) is 9.88. The number of amides is 1. The second kappa shape index (κ2) is 6.88. The van der Waals surface area contributed by atoms with E-state index in [0.717, 1.165) is 44.6 Å². The highest BCUT2D eigenvalue weighted by atomic mass is 16.5. The number of nitrogens with one attached hydrogen (secondary N) is 3. The lowest BCUT2D eigenvalue weighted by molar-refractivity contribution is -0.132. The minimum atomic E-state index is -0.0255. The number of carbonyl (C=O) groups is 1. The van der Waals surface area contributed by atoms with Gasteiger partial charge in [-0.15, -0.1) is 0 Å². The van der Waals surface area contributed by atoms with Gasteiger partial charge >= 0.3 is 0 Å². The molecule has 1 aliphatic carbocycles. The van der Waals surface area contributed by atoms with E-state index in [-0.39, 0.29) is 24.2 Å². The second-order valence-electron chi connectivity index (χ2n) is 7.92. The van der Waals surface area contributed by atoms with E-state index >= 15 is 0 Å². The summed E-state index contributed by atoms with van der Waals surface area (Å²) >= 11 is 0. The molecule has 7 heteroatoms. The molecule has 1 aromatic rings. The quantitative estimate of drug-likeness (QED) is 0.734. The van der Waals surface area contributed by atoms with Crippen LogP contribution in [0.3, 0.4) is 0 Å². The summed E-state index contributed by atoms with van der Waals surface area (Å²) in [5, 5.41) is 9.30. The van der Waals surface area contributed by atoms with Gasteiger partial charge in [-0.1, -0.05) is 6.07 Å². The van der Waals surface area contributed by atoms with Gasteiger partial charge in [0.15, 0.2) is 0 Å². The van der Waals surface area contributed by atoms with Crippen molar-refractivity contribution >= 4 is 5.91 Å². The van der Waals surface area contributed by atoms with Crippen LogP contribution in [0, 0.1) is 11.8 Å². The van der Waals surface area contributed by atoms with Gasteiger partial charge < -0.3 is 10.1 Å². The molecule has 7 nitrogen and oxygen atoms in total. The van der Waals surface area contributed by atoms with Crippen LogP contribution >= 0.6 is 0 Å². The van der Waals surface area contributed by atoms with E-state index in [9.17, 15) is 4.79 Å². The van der Waals surface area contributed by atoms with E-state index < -0.39 is 0 Å². The molecular weight excluding hydrogens is 330 g/mol. The number of pyridine rings is 1. The first-order chi connectivity index (χ1) is 12.8. The summed E-state index contributed by atoms with van der Waals surface area (Å²) in [5.41, 5.74) is 4.63. The summed E-state index contributed by atoms with van der Waals surface area (Å²) in [5.74, 6) is 0.985. The van der Waals surface area contributed by atoms with E-state index in [1.54, 1.807) is 0 Å². The third-order valence-electron chi connectivity index (χ3n) is 6.57. The van der Waals surface area contributed by atoms with Crippen molar-refractivity contribution in [3.05, 3.63) is 30.1 Å². The highest BCUT2D eigenvalue weighted by Gasteiger charge is 2.50. The number of hydrogen-bond donors (Lipinski definition) is 3. The molecule has 5 unspecified atom stereocenters. The van der Waals surface area contributed by atoms with Gasteiger partial charge in [0, 0.05) is 49.5 Å². The van der Waals surface area contributed by atoms with E-state index in [0.29, 0.717) is 24.4 Å². The summed E-state index contributed by atoms with van der Waals surface area (Å²) < 4.78 is 5.50. The molecule has 26 heavy (non-hydrogen) atoms. The molecule has 0 bridgehead atoms. The molecule has 4 heterocycles. The fourth-order valence-corrected chi connectivity index (χ4v) is 4.96. The number of hydrazine groups is 1. The zero-order valence-corrected chi connectivity index (χ0v) is 14.9. The monoisotopic (exact) mass is 357 g/mol. The smallest absolute Gasteiger partial charge is 0.228 e. The molecule has 1 amide bonds. The largest absolute Gasteiger partial charge is 0.381 e. The van der Waals surface area contributed by atoms with Crippen molar-refractivity contribution < 1.29 is 9.53 Å². The molecule has 1 saturated carbocycles. The Bertz CT molecular complexity index is 651. The number of fused-ring (bicyclic) bond motifs is 1. The average molecular weight is 357 g/mol. The molecule has 0 spiro atoms. The normalized spacial score (nSPS) is 38.5. The maximum absolute atomic E-state index is 12.7. The molecule has 4 aliphatic rings. The number of aromatic nitrogens is 1. The first kappa shape index (κ1) is 16.6. The molecule has 4 fully saturated rings.